The van der Waals surface area contributed by atoms with E-state index in [1.807, 2.05) is 18.3 Å². The van der Waals surface area contributed by atoms with Crippen molar-refractivity contribution in [2.45, 2.75) is 19.3 Å². The van der Waals surface area contributed by atoms with Crippen LogP contribution in [0, 0.1) is 5.92 Å². The highest BCUT2D eigenvalue weighted by Crippen LogP contribution is 2.16. The Labute approximate surface area is 97.1 Å². The third kappa shape index (κ3) is 3.29. The Balaban J connectivity index is 1.72. The quantitative estimate of drug-likeness (QED) is 0.831. The van der Waals surface area contributed by atoms with Crippen LogP contribution in [-0.2, 0) is 6.42 Å². The summed E-state index contributed by atoms with van der Waals surface area (Å²) in [5, 5.41) is 9.06. The fourth-order valence-corrected chi connectivity index (χ4v) is 2.21. The Morgan fingerprint density at radius 1 is 1.31 bits per heavy atom. The van der Waals surface area contributed by atoms with E-state index in [9.17, 15) is 0 Å². The van der Waals surface area contributed by atoms with Crippen LogP contribution in [0.2, 0.25) is 0 Å². The van der Waals surface area contributed by atoms with Gasteiger partial charge in [0.2, 0.25) is 0 Å². The minimum atomic E-state index is 0.355. The molecular formula is C13H20N2O. The first-order chi connectivity index (χ1) is 7.88. The molecule has 0 spiro atoms. The molecule has 0 saturated carbocycles. The van der Waals surface area contributed by atoms with Crippen molar-refractivity contribution in [3.05, 3.63) is 30.1 Å². The smallest absolute Gasteiger partial charge is 0.0460 e. The van der Waals surface area contributed by atoms with Gasteiger partial charge in [-0.1, -0.05) is 6.07 Å². The van der Waals surface area contributed by atoms with Gasteiger partial charge >= 0.3 is 0 Å². The zero-order valence-corrected chi connectivity index (χ0v) is 9.68. The number of rotatable bonds is 4. The zero-order valence-electron chi connectivity index (χ0n) is 9.68. The van der Waals surface area contributed by atoms with Gasteiger partial charge in [-0.05, 0) is 44.0 Å². The molecule has 1 aromatic rings. The number of pyridine rings is 1. The van der Waals surface area contributed by atoms with E-state index in [0.29, 0.717) is 12.5 Å². The van der Waals surface area contributed by atoms with Gasteiger partial charge in [0.1, 0.15) is 0 Å². The van der Waals surface area contributed by atoms with Crippen LogP contribution in [0.25, 0.3) is 0 Å². The summed E-state index contributed by atoms with van der Waals surface area (Å²) in [6.45, 7) is 3.69. The van der Waals surface area contributed by atoms with Crippen LogP contribution >= 0.6 is 0 Å². The molecule has 3 heteroatoms. The SMILES string of the molecule is OCC1CCN(CCc2ccccn2)CC1. The molecule has 1 aromatic heterocycles. The average Bonchev–Trinajstić information content (AvgIpc) is 2.38. The van der Waals surface area contributed by atoms with Crippen molar-refractivity contribution >= 4 is 0 Å². The van der Waals surface area contributed by atoms with E-state index in [0.717, 1.165) is 38.9 Å². The van der Waals surface area contributed by atoms with E-state index in [2.05, 4.69) is 16.0 Å². The van der Waals surface area contributed by atoms with Gasteiger partial charge in [-0.15, -0.1) is 0 Å². The summed E-state index contributed by atoms with van der Waals surface area (Å²) in [7, 11) is 0. The largest absolute Gasteiger partial charge is 0.396 e. The fraction of sp³-hybridized carbons (Fsp3) is 0.615. The molecule has 0 amide bonds. The minimum Gasteiger partial charge on any atom is -0.396 e. The molecule has 0 aliphatic carbocycles. The lowest BCUT2D eigenvalue weighted by atomic mass is 9.98. The van der Waals surface area contributed by atoms with E-state index < -0.39 is 0 Å². The van der Waals surface area contributed by atoms with Crippen LogP contribution < -0.4 is 0 Å². The Morgan fingerprint density at radius 3 is 2.75 bits per heavy atom. The van der Waals surface area contributed by atoms with Gasteiger partial charge in [-0.3, -0.25) is 4.98 Å². The van der Waals surface area contributed by atoms with Crippen LogP contribution in [0.5, 0.6) is 0 Å². The first kappa shape index (κ1) is 11.6. The Kier molecular flexibility index (Phi) is 4.31. The molecule has 0 bridgehead atoms. The van der Waals surface area contributed by atoms with Crippen molar-refractivity contribution in [2.24, 2.45) is 5.92 Å². The van der Waals surface area contributed by atoms with E-state index >= 15 is 0 Å². The number of hydrogen-bond donors (Lipinski definition) is 1. The summed E-state index contributed by atoms with van der Waals surface area (Å²) >= 11 is 0. The topological polar surface area (TPSA) is 36.4 Å². The summed E-state index contributed by atoms with van der Waals surface area (Å²) in [5.74, 6) is 0.533. The highest BCUT2D eigenvalue weighted by Gasteiger charge is 2.17. The summed E-state index contributed by atoms with van der Waals surface area (Å²) in [5.41, 5.74) is 1.17. The molecule has 88 valence electrons. The molecule has 0 radical (unpaired) electrons. The lowest BCUT2D eigenvalue weighted by molar-refractivity contribution is 0.132. The number of aliphatic hydroxyl groups excluding tert-OH is 1. The van der Waals surface area contributed by atoms with Crippen LogP contribution in [0.4, 0.5) is 0 Å². The molecule has 0 atom stereocenters. The highest BCUT2D eigenvalue weighted by atomic mass is 16.3. The summed E-state index contributed by atoms with van der Waals surface area (Å²) in [6.07, 6.45) is 5.16. The summed E-state index contributed by atoms with van der Waals surface area (Å²) in [4.78, 5) is 6.80. The molecule has 1 aliphatic heterocycles. The van der Waals surface area contributed by atoms with Gasteiger partial charge in [-0.25, -0.2) is 0 Å². The number of aliphatic hydroxyl groups is 1. The molecule has 16 heavy (non-hydrogen) atoms. The number of nitrogens with zero attached hydrogens (tertiary/aromatic N) is 2. The van der Waals surface area contributed by atoms with Crippen molar-refractivity contribution in [2.75, 3.05) is 26.2 Å². The monoisotopic (exact) mass is 220 g/mol. The second kappa shape index (κ2) is 5.97. The molecule has 1 saturated heterocycles. The highest BCUT2D eigenvalue weighted by molar-refractivity contribution is 5.03. The van der Waals surface area contributed by atoms with Crippen LogP contribution in [-0.4, -0.2) is 41.2 Å². The third-order valence-electron chi connectivity index (χ3n) is 3.38. The van der Waals surface area contributed by atoms with E-state index in [1.54, 1.807) is 0 Å². The molecule has 0 aromatic carbocycles. The van der Waals surface area contributed by atoms with Gasteiger partial charge < -0.3 is 10.0 Å². The second-order valence-electron chi connectivity index (χ2n) is 4.54. The normalized spacial score (nSPS) is 18.8. The molecular weight excluding hydrogens is 200 g/mol. The third-order valence-corrected chi connectivity index (χ3v) is 3.38. The van der Waals surface area contributed by atoms with Gasteiger partial charge in [0.25, 0.3) is 0 Å². The lowest BCUT2D eigenvalue weighted by Crippen LogP contribution is -2.36. The molecule has 3 nitrogen and oxygen atoms in total. The predicted octanol–water partition coefficient (Wildman–Crippen LogP) is 1.33. The predicted molar refractivity (Wildman–Crippen MR) is 64.2 cm³/mol. The van der Waals surface area contributed by atoms with Crippen molar-refractivity contribution in [1.29, 1.82) is 0 Å². The first-order valence-corrected chi connectivity index (χ1v) is 6.11. The molecule has 2 heterocycles. The summed E-state index contributed by atoms with van der Waals surface area (Å²) in [6, 6.07) is 6.08. The Hall–Kier alpha value is -0.930. The molecule has 1 fully saturated rings. The van der Waals surface area contributed by atoms with Crippen LogP contribution in [0.15, 0.2) is 24.4 Å². The lowest BCUT2D eigenvalue weighted by Gasteiger charge is -2.30. The van der Waals surface area contributed by atoms with E-state index in [1.165, 1.54) is 5.69 Å². The summed E-state index contributed by atoms with van der Waals surface area (Å²) < 4.78 is 0. The van der Waals surface area contributed by atoms with Gasteiger partial charge in [-0.2, -0.15) is 0 Å². The molecule has 2 rings (SSSR count). The van der Waals surface area contributed by atoms with Crippen molar-refractivity contribution in [3.8, 4) is 0 Å². The van der Waals surface area contributed by atoms with Gasteiger partial charge in [0.05, 0.1) is 0 Å². The number of aromatic nitrogens is 1. The van der Waals surface area contributed by atoms with Gasteiger partial charge in [0.15, 0.2) is 0 Å². The Morgan fingerprint density at radius 2 is 2.12 bits per heavy atom. The van der Waals surface area contributed by atoms with Crippen molar-refractivity contribution in [1.82, 2.24) is 9.88 Å². The van der Waals surface area contributed by atoms with E-state index in [-0.39, 0.29) is 0 Å². The fourth-order valence-electron chi connectivity index (χ4n) is 2.21. The Bertz CT molecular complexity index is 294. The number of piperidine rings is 1. The average molecular weight is 220 g/mol. The first-order valence-electron chi connectivity index (χ1n) is 6.11. The molecule has 0 unspecified atom stereocenters. The second-order valence-corrected chi connectivity index (χ2v) is 4.54. The van der Waals surface area contributed by atoms with Crippen LogP contribution in [0.1, 0.15) is 18.5 Å². The minimum absolute atomic E-state index is 0.355. The van der Waals surface area contributed by atoms with Crippen molar-refractivity contribution < 1.29 is 5.11 Å². The van der Waals surface area contributed by atoms with Gasteiger partial charge in [0, 0.05) is 31.5 Å². The van der Waals surface area contributed by atoms with E-state index in [4.69, 9.17) is 5.11 Å². The number of hydrogen-bond acceptors (Lipinski definition) is 3. The molecule has 1 aliphatic rings. The number of likely N-dealkylation sites (tertiary alicyclic amines) is 1. The van der Waals surface area contributed by atoms with Crippen molar-refractivity contribution in [3.63, 3.8) is 0 Å². The van der Waals surface area contributed by atoms with Crippen LogP contribution in [0.3, 0.4) is 0 Å². The molecule has 1 N–H and O–H groups in total. The maximum Gasteiger partial charge on any atom is 0.0460 e. The maximum absolute atomic E-state index is 9.06. The standard InChI is InChI=1S/C13H20N2O/c16-11-12-4-8-15(9-5-12)10-6-13-3-1-2-7-14-13/h1-3,7,12,16H,4-6,8-11H2. The zero-order chi connectivity index (χ0) is 11.2. The maximum atomic E-state index is 9.06.